The van der Waals surface area contributed by atoms with Crippen LogP contribution in [0.25, 0.3) is 11.1 Å². The van der Waals surface area contributed by atoms with Gasteiger partial charge in [0.15, 0.2) is 5.16 Å². The van der Waals surface area contributed by atoms with Crippen LogP contribution in [0.15, 0.2) is 101 Å². The highest BCUT2D eigenvalue weighted by Gasteiger charge is 2.15. The molecule has 3 heterocycles. The lowest BCUT2D eigenvalue weighted by atomic mass is 10.0. The van der Waals surface area contributed by atoms with Crippen LogP contribution in [0.3, 0.4) is 0 Å². The number of halogens is 2. The monoisotopic (exact) mass is 698 g/mol. The molecule has 3 aromatic carbocycles. The molecular weight excluding hydrogens is 663 g/mol. The van der Waals surface area contributed by atoms with Crippen LogP contribution < -0.4 is 15.8 Å². The molecule has 0 unspecified atom stereocenters. The third kappa shape index (κ3) is 9.75. The standard InChI is InChI=1S/C37H36ClFN6O3S/c38-32-11-9-30(10-12-32)29-7-3-26(4-8-29)21-40-34(46)2-1-15-45-24-31(20-28-22-41-36(42-23-28)44-16-18-48-19-17-44)35(47)43-37(45)49-25-27-5-13-33(39)14-6-27/h3-14,22-24H,1-2,15-21,25H2,(H,40,46). The number of hydrogen-bond acceptors (Lipinski definition) is 8. The molecule has 0 aliphatic carbocycles. The SMILES string of the molecule is O=C(CCCn1cc(Cc2cnc(N3CCOCC3)nc2)c(=O)nc1SCc1ccc(F)cc1)NCc1ccc(-c2ccc(Cl)cc2)cc1. The minimum absolute atomic E-state index is 0.0611. The van der Waals surface area contributed by atoms with Crippen molar-refractivity contribution in [2.24, 2.45) is 0 Å². The summed E-state index contributed by atoms with van der Waals surface area (Å²) in [6.07, 6.45) is 6.49. The van der Waals surface area contributed by atoms with Gasteiger partial charge in [0.1, 0.15) is 5.82 Å². The predicted molar refractivity (Wildman–Crippen MR) is 190 cm³/mol. The molecule has 0 saturated carbocycles. The number of amides is 1. The maximum atomic E-state index is 13.4. The number of hydrogen-bond donors (Lipinski definition) is 1. The lowest BCUT2D eigenvalue weighted by Gasteiger charge is -2.26. The summed E-state index contributed by atoms with van der Waals surface area (Å²) in [7, 11) is 0. The maximum Gasteiger partial charge on any atom is 0.277 e. The fourth-order valence-corrected chi connectivity index (χ4v) is 6.46. The van der Waals surface area contributed by atoms with Gasteiger partial charge in [0.25, 0.3) is 5.56 Å². The molecule has 252 valence electrons. The zero-order chi connectivity index (χ0) is 34.0. The number of carbonyl (C=O) groups is 1. The largest absolute Gasteiger partial charge is 0.378 e. The Hall–Kier alpha value is -4.58. The molecule has 1 aliphatic rings. The Labute approximate surface area is 293 Å². The number of aryl methyl sites for hydroxylation is 1. The minimum atomic E-state index is -0.324. The van der Waals surface area contributed by atoms with Gasteiger partial charge >= 0.3 is 0 Å². The van der Waals surface area contributed by atoms with E-state index in [1.807, 2.05) is 59.3 Å². The van der Waals surface area contributed by atoms with Crippen molar-refractivity contribution < 1.29 is 13.9 Å². The highest BCUT2D eigenvalue weighted by atomic mass is 35.5. The second-order valence-corrected chi connectivity index (χ2v) is 13.1. The van der Waals surface area contributed by atoms with Gasteiger partial charge in [0.2, 0.25) is 11.9 Å². The van der Waals surface area contributed by atoms with Gasteiger partial charge in [-0.05, 0) is 58.5 Å². The van der Waals surface area contributed by atoms with Gasteiger partial charge < -0.3 is 19.5 Å². The molecule has 6 rings (SSSR count). The molecule has 0 atom stereocenters. The highest BCUT2D eigenvalue weighted by Crippen LogP contribution is 2.23. The van der Waals surface area contributed by atoms with Crippen LogP contribution in [0, 0.1) is 5.82 Å². The van der Waals surface area contributed by atoms with Crippen molar-refractivity contribution >= 4 is 35.2 Å². The van der Waals surface area contributed by atoms with Crippen molar-refractivity contribution in [3.8, 4) is 11.1 Å². The number of benzene rings is 3. The summed E-state index contributed by atoms with van der Waals surface area (Å²) in [5.74, 6) is 0.793. The Morgan fingerprint density at radius 2 is 1.55 bits per heavy atom. The smallest absolute Gasteiger partial charge is 0.277 e. The Morgan fingerprint density at radius 3 is 2.24 bits per heavy atom. The molecule has 1 fully saturated rings. The van der Waals surface area contributed by atoms with Gasteiger partial charge in [-0.3, -0.25) is 9.59 Å². The van der Waals surface area contributed by atoms with Crippen molar-refractivity contribution in [2.45, 2.75) is 43.3 Å². The van der Waals surface area contributed by atoms with Crippen LogP contribution in [0.5, 0.6) is 0 Å². The summed E-state index contributed by atoms with van der Waals surface area (Å²) in [4.78, 5) is 41.5. The van der Waals surface area contributed by atoms with Gasteiger partial charge in [-0.15, -0.1) is 0 Å². The molecule has 5 aromatic rings. The van der Waals surface area contributed by atoms with Gasteiger partial charge in [-0.25, -0.2) is 14.4 Å². The van der Waals surface area contributed by atoms with E-state index in [9.17, 15) is 14.0 Å². The summed E-state index contributed by atoms with van der Waals surface area (Å²) in [5.41, 5.74) is 5.05. The van der Waals surface area contributed by atoms with Gasteiger partial charge in [0, 0.05) is 74.0 Å². The summed E-state index contributed by atoms with van der Waals surface area (Å²) in [6.45, 7) is 3.67. The Kier molecular flexibility index (Phi) is 11.7. The fourth-order valence-electron chi connectivity index (χ4n) is 5.39. The van der Waals surface area contributed by atoms with Crippen LogP contribution in [0.2, 0.25) is 5.02 Å². The summed E-state index contributed by atoms with van der Waals surface area (Å²) >= 11 is 7.41. The van der Waals surface area contributed by atoms with Gasteiger partial charge in [-0.1, -0.05) is 71.9 Å². The van der Waals surface area contributed by atoms with Crippen molar-refractivity contribution in [1.29, 1.82) is 0 Å². The lowest BCUT2D eigenvalue weighted by Crippen LogP contribution is -2.37. The second-order valence-electron chi connectivity index (χ2n) is 11.7. The van der Waals surface area contributed by atoms with Crippen LogP contribution in [0.4, 0.5) is 10.3 Å². The van der Waals surface area contributed by atoms with Crippen LogP contribution in [0.1, 0.15) is 35.1 Å². The van der Waals surface area contributed by atoms with E-state index in [0.29, 0.717) is 73.0 Å². The summed E-state index contributed by atoms with van der Waals surface area (Å²) in [5, 5.41) is 4.24. The Balaban J connectivity index is 1.08. The average Bonchev–Trinajstić information content (AvgIpc) is 3.13. The number of aromatic nitrogens is 4. The third-order valence-corrected chi connectivity index (χ3v) is 9.43. The first-order chi connectivity index (χ1) is 23.9. The topological polar surface area (TPSA) is 102 Å². The number of nitrogens with one attached hydrogen (secondary N) is 1. The van der Waals surface area contributed by atoms with Crippen molar-refractivity contribution in [2.75, 3.05) is 31.2 Å². The fraction of sp³-hybridized carbons (Fsp3) is 0.270. The van der Waals surface area contributed by atoms with Gasteiger partial charge in [-0.2, -0.15) is 4.98 Å². The molecule has 12 heteroatoms. The number of anilines is 1. The van der Waals surface area contributed by atoms with Crippen molar-refractivity contribution in [3.05, 3.63) is 135 Å². The van der Waals surface area contributed by atoms with Crippen LogP contribution in [-0.4, -0.2) is 51.7 Å². The molecule has 1 amide bonds. The Bertz CT molecular complexity index is 1900. The number of nitrogens with zero attached hydrogens (tertiary/aromatic N) is 5. The molecule has 0 spiro atoms. The van der Waals surface area contributed by atoms with Crippen molar-refractivity contribution in [1.82, 2.24) is 24.8 Å². The molecule has 2 aromatic heterocycles. The number of thioether (sulfide) groups is 1. The quantitative estimate of drug-likeness (QED) is 0.113. The first kappa shape index (κ1) is 34.3. The normalized spacial score (nSPS) is 13.0. The van der Waals surface area contributed by atoms with E-state index in [-0.39, 0.29) is 17.3 Å². The molecule has 0 bridgehead atoms. The minimum Gasteiger partial charge on any atom is -0.378 e. The third-order valence-electron chi connectivity index (χ3n) is 8.11. The lowest BCUT2D eigenvalue weighted by molar-refractivity contribution is -0.121. The van der Waals surface area contributed by atoms with E-state index in [4.69, 9.17) is 16.3 Å². The number of morpholine rings is 1. The molecule has 9 nitrogen and oxygen atoms in total. The van der Waals surface area contributed by atoms with E-state index in [0.717, 1.165) is 40.9 Å². The first-order valence-corrected chi connectivity index (χ1v) is 17.5. The number of rotatable bonds is 13. The summed E-state index contributed by atoms with van der Waals surface area (Å²) in [6, 6.07) is 22.0. The van der Waals surface area contributed by atoms with Crippen LogP contribution in [-0.2, 0) is 34.8 Å². The molecule has 0 radical (unpaired) electrons. The second kappa shape index (κ2) is 16.7. The number of ether oxygens (including phenoxy) is 1. The zero-order valence-corrected chi connectivity index (χ0v) is 28.4. The average molecular weight is 699 g/mol. The van der Waals surface area contributed by atoms with Gasteiger partial charge in [0.05, 0.1) is 13.2 Å². The van der Waals surface area contributed by atoms with E-state index in [1.54, 1.807) is 24.5 Å². The maximum absolute atomic E-state index is 13.4. The molecular formula is C37H36ClFN6O3S. The van der Waals surface area contributed by atoms with Crippen molar-refractivity contribution in [3.63, 3.8) is 0 Å². The first-order valence-electron chi connectivity index (χ1n) is 16.1. The highest BCUT2D eigenvalue weighted by molar-refractivity contribution is 7.98. The molecule has 1 saturated heterocycles. The van der Waals surface area contributed by atoms with E-state index < -0.39 is 0 Å². The zero-order valence-electron chi connectivity index (χ0n) is 26.9. The molecule has 1 N–H and O–H groups in total. The molecule has 1 aliphatic heterocycles. The molecule has 49 heavy (non-hydrogen) atoms. The predicted octanol–water partition coefficient (Wildman–Crippen LogP) is 6.31. The Morgan fingerprint density at radius 1 is 0.898 bits per heavy atom. The van der Waals surface area contributed by atoms with Crippen LogP contribution >= 0.6 is 23.4 Å². The van der Waals surface area contributed by atoms with E-state index in [2.05, 4.69) is 25.2 Å². The van der Waals surface area contributed by atoms with E-state index >= 15 is 0 Å². The summed E-state index contributed by atoms with van der Waals surface area (Å²) < 4.78 is 20.8. The van der Waals surface area contributed by atoms with E-state index in [1.165, 1.54) is 23.9 Å². The number of carbonyl (C=O) groups excluding carboxylic acids is 1.